The summed E-state index contributed by atoms with van der Waals surface area (Å²) >= 11 is 0. The lowest BCUT2D eigenvalue weighted by Gasteiger charge is -2.13. The van der Waals surface area contributed by atoms with Gasteiger partial charge < -0.3 is 62.5 Å². The van der Waals surface area contributed by atoms with Gasteiger partial charge >= 0.3 is 11.9 Å². The quantitative estimate of drug-likeness (QED) is 0.0403. The first-order chi connectivity index (χ1) is 47.0. The zero-order chi connectivity index (χ0) is 69.9. The van der Waals surface area contributed by atoms with Gasteiger partial charge in [-0.25, -0.2) is 63.0 Å². The van der Waals surface area contributed by atoms with Crippen molar-refractivity contribution in [3.8, 4) is 68.0 Å². The van der Waals surface area contributed by atoms with E-state index in [0.29, 0.717) is 63.0 Å². The number of carboxylic acid groups (broad SMARTS) is 2. The molecule has 2 amide bonds. The molecule has 28 heteroatoms. The van der Waals surface area contributed by atoms with Gasteiger partial charge in [0.05, 0.1) is 38.8 Å². The van der Waals surface area contributed by atoms with Crippen molar-refractivity contribution in [1.29, 1.82) is 0 Å². The Bertz CT molecular complexity index is 4820. The van der Waals surface area contributed by atoms with Crippen molar-refractivity contribution >= 4 is 80.3 Å². The number of phenolic OH excluding ortho intramolecular Hbond substituents is 1. The number of aromatic carboxylic acids is 2. The summed E-state index contributed by atoms with van der Waals surface area (Å²) in [6.07, 6.45) is 6.31. The second-order valence-electron chi connectivity index (χ2n) is 20.8. The molecule has 0 aliphatic rings. The van der Waals surface area contributed by atoms with Crippen LogP contribution in [0.5, 0.6) is 23.0 Å². The Kier molecular flexibility index (Phi) is 22.2. The molecule has 98 heavy (non-hydrogen) atoms. The summed E-state index contributed by atoms with van der Waals surface area (Å²) in [5.41, 5.74) is 12.8. The fourth-order valence-corrected chi connectivity index (χ4v) is 9.44. The maximum atomic E-state index is 12.2. The largest absolute Gasteiger partial charge is 0.507 e. The number of carbonyl (C=O) groups is 4. The molecule has 0 unspecified atom stereocenters. The van der Waals surface area contributed by atoms with Gasteiger partial charge in [-0.05, 0) is 152 Å². The number of hydrogen-bond donors (Lipinski definition) is 12. The zero-order valence-corrected chi connectivity index (χ0v) is 52.6. The van der Waals surface area contributed by atoms with Crippen molar-refractivity contribution in [3.63, 3.8) is 0 Å². The first-order valence-corrected chi connectivity index (χ1v) is 30.6. The van der Waals surface area contributed by atoms with Crippen LogP contribution >= 0.6 is 0 Å². The number of nitrogens with one attached hydrogen (secondary N) is 4. The Balaban J connectivity index is 0.000000153. The zero-order valence-electron chi connectivity index (χ0n) is 51.7. The average molecular weight is 1330 g/mol. The van der Waals surface area contributed by atoms with Gasteiger partial charge in [0.1, 0.15) is 34.1 Å². The van der Waals surface area contributed by atoms with E-state index < -0.39 is 27.9 Å². The summed E-state index contributed by atoms with van der Waals surface area (Å²) in [7, 11) is -0.566. The van der Waals surface area contributed by atoms with Crippen LogP contribution in [0.4, 0.5) is 46.5 Å². The Morgan fingerprint density at radius 1 is 0.378 bits per heavy atom. The number of para-hydroxylation sites is 3. The second kappa shape index (κ2) is 31.7. The summed E-state index contributed by atoms with van der Waals surface area (Å²) in [5.74, 6) is -2.80. The average Bonchev–Trinajstić information content (AvgIpc) is 0.846. The minimum absolute atomic E-state index is 0.0543. The van der Waals surface area contributed by atoms with E-state index in [-0.39, 0.29) is 62.0 Å². The number of anilines is 8. The number of sulfonamides is 1. The maximum absolute atomic E-state index is 12.2. The highest BCUT2D eigenvalue weighted by molar-refractivity contribution is 7.89. The number of aromatic nitrogens is 8. The fourth-order valence-electron chi connectivity index (χ4n) is 8.88. The molecular formula is C70H59N15O12S. The van der Waals surface area contributed by atoms with Gasteiger partial charge in [0.25, 0.3) is 11.8 Å². The molecule has 0 aliphatic heterocycles. The Hall–Kier alpha value is -13.7. The number of amides is 2. The van der Waals surface area contributed by atoms with Crippen molar-refractivity contribution in [2.75, 3.05) is 35.4 Å². The summed E-state index contributed by atoms with van der Waals surface area (Å²) in [4.78, 5) is 81.3. The molecule has 12 rings (SSSR count). The van der Waals surface area contributed by atoms with E-state index >= 15 is 0 Å². The molecule has 27 nitrogen and oxygen atoms in total. The van der Waals surface area contributed by atoms with E-state index in [1.165, 1.54) is 77.8 Å². The first-order valence-electron chi connectivity index (χ1n) is 29.0. The topological polar surface area (TPSA) is 430 Å². The summed E-state index contributed by atoms with van der Waals surface area (Å²) in [6.45, 7) is 0. The summed E-state index contributed by atoms with van der Waals surface area (Å²) in [5, 5.41) is 74.3. The number of carbonyl (C=O) groups excluding carboxylic acids is 2. The van der Waals surface area contributed by atoms with Gasteiger partial charge in [0.15, 0.2) is 0 Å². The predicted octanol–water partition coefficient (Wildman–Crippen LogP) is 11.2. The van der Waals surface area contributed by atoms with Crippen LogP contribution in [-0.2, 0) is 10.0 Å². The number of aromatic hydroxyl groups is 4. The van der Waals surface area contributed by atoms with E-state index in [9.17, 15) is 48.0 Å². The van der Waals surface area contributed by atoms with Gasteiger partial charge in [-0.3, -0.25) is 9.59 Å². The van der Waals surface area contributed by atoms with E-state index in [1.54, 1.807) is 87.3 Å². The lowest BCUT2D eigenvalue weighted by atomic mass is 10.1. The van der Waals surface area contributed by atoms with Gasteiger partial charge in [-0.15, -0.1) is 0 Å². The van der Waals surface area contributed by atoms with Crippen LogP contribution in [0.15, 0.2) is 242 Å². The first kappa shape index (κ1) is 68.6. The molecule has 4 aromatic heterocycles. The van der Waals surface area contributed by atoms with Gasteiger partial charge in [-0.1, -0.05) is 60.7 Å². The number of hydrogen-bond acceptors (Lipinski definition) is 22. The maximum Gasteiger partial charge on any atom is 0.339 e. The minimum Gasteiger partial charge on any atom is -0.507 e. The molecular weight excluding hydrogens is 1270 g/mol. The predicted molar refractivity (Wildman–Crippen MR) is 367 cm³/mol. The number of primary amides is 1. The Morgan fingerprint density at radius 2 is 0.673 bits per heavy atom. The number of primary sulfonamides is 1. The van der Waals surface area contributed by atoms with Crippen LogP contribution in [0.2, 0.25) is 0 Å². The van der Waals surface area contributed by atoms with E-state index in [4.69, 9.17) is 21.1 Å². The molecule has 4 heterocycles. The smallest absolute Gasteiger partial charge is 0.339 e. The molecule has 12 aromatic rings. The van der Waals surface area contributed by atoms with Gasteiger partial charge in [0, 0.05) is 83.9 Å². The molecule has 0 saturated heterocycles. The fraction of sp³-hybridized carbons (Fsp3) is 0.0286. The summed E-state index contributed by atoms with van der Waals surface area (Å²) in [6, 6.07) is 59.1. The van der Waals surface area contributed by atoms with Crippen LogP contribution in [0.3, 0.4) is 0 Å². The van der Waals surface area contributed by atoms with Crippen LogP contribution in [0.1, 0.15) is 41.4 Å². The van der Waals surface area contributed by atoms with E-state index in [2.05, 4.69) is 61.1 Å². The third kappa shape index (κ3) is 18.7. The molecule has 492 valence electrons. The molecule has 0 bridgehead atoms. The SMILES string of the molecule is CN(C)C(=O)c1cc(-c2ccnc(Nc3ccccc3)n2)ccc1O.NC(=O)c1cc(-c2ccnc(Nc3ccccc3)n2)ccc1O.NS(=O)(=O)c1cccc(Nc2nccc(-c3ccc(O)c(C(=O)O)c3)n2)c1.O=C(O)c1cc(-c2ccnc(Nc3ccccc3)n2)ccc1O. The minimum atomic E-state index is -3.85. The molecule has 0 aliphatic carbocycles. The van der Waals surface area contributed by atoms with Crippen LogP contribution in [0.25, 0.3) is 45.0 Å². The third-order valence-electron chi connectivity index (χ3n) is 13.7. The standard InChI is InChI=1S/C19H18N4O2.C17H14N4O5S.C17H14N4O2.C17H13N3O3/c1-23(2)18(25)15-12-13(8-9-17(15)24)16-10-11-20-19(22-16)21-14-6-4-3-5-7-14;18-27(25,26)12-3-1-2-11(9-12)20-17-19-7-6-14(21-17)10-4-5-15(22)13(8-10)16(23)24;18-16(23)13-10-11(6-7-15(13)22)14-8-9-19-17(21-14)20-12-4-2-1-3-5-12;21-15-7-6-11(10-13(15)16(22)23)14-8-9-18-17(20-14)19-12-4-2-1-3-5-12/h3-12,24H,1-2H3,(H,20,21,22);1-9,22H,(H,23,24)(H2,18,25,26)(H,19,20,21);1-10,22H,(H2,18,23)(H,19,20,21);1-10,21H,(H,22,23)(H,18,19,20). The van der Waals surface area contributed by atoms with Crippen molar-refractivity contribution in [3.05, 3.63) is 259 Å². The van der Waals surface area contributed by atoms with E-state index in [1.807, 2.05) is 91.0 Å². The number of benzene rings is 8. The normalized spacial score (nSPS) is 10.5. The van der Waals surface area contributed by atoms with Crippen LogP contribution < -0.4 is 32.1 Å². The molecule has 0 atom stereocenters. The molecule has 0 radical (unpaired) electrons. The number of nitrogens with two attached hydrogens (primary N) is 2. The number of phenols is 4. The van der Waals surface area contributed by atoms with Crippen molar-refractivity contribution in [2.45, 2.75) is 4.90 Å². The van der Waals surface area contributed by atoms with Crippen LogP contribution in [0, 0.1) is 0 Å². The third-order valence-corrected chi connectivity index (χ3v) is 14.6. The monoisotopic (exact) mass is 1330 g/mol. The number of carboxylic acids is 2. The molecule has 0 fully saturated rings. The van der Waals surface area contributed by atoms with Crippen molar-refractivity contribution < 1.29 is 58.2 Å². The van der Waals surface area contributed by atoms with E-state index in [0.717, 1.165) is 22.6 Å². The van der Waals surface area contributed by atoms with Crippen molar-refractivity contribution in [1.82, 2.24) is 44.8 Å². The number of rotatable bonds is 17. The Labute approximate surface area is 559 Å². The highest BCUT2D eigenvalue weighted by Gasteiger charge is 2.18. The lowest BCUT2D eigenvalue weighted by Crippen LogP contribution is -2.21. The summed E-state index contributed by atoms with van der Waals surface area (Å²) < 4.78 is 22.9. The number of nitrogens with zero attached hydrogens (tertiary/aromatic N) is 9. The molecule has 0 saturated carbocycles. The lowest BCUT2D eigenvalue weighted by molar-refractivity contribution is 0.0682. The molecule has 14 N–H and O–H groups in total. The van der Waals surface area contributed by atoms with Gasteiger partial charge in [0.2, 0.25) is 33.8 Å². The van der Waals surface area contributed by atoms with Crippen LogP contribution in [-0.4, -0.2) is 122 Å². The molecule has 8 aromatic carbocycles. The highest BCUT2D eigenvalue weighted by atomic mass is 32.2. The highest BCUT2D eigenvalue weighted by Crippen LogP contribution is 2.31. The second-order valence-corrected chi connectivity index (χ2v) is 22.4. The van der Waals surface area contributed by atoms with Crippen molar-refractivity contribution in [2.24, 2.45) is 10.9 Å². The molecule has 0 spiro atoms. The van der Waals surface area contributed by atoms with Gasteiger partial charge in [-0.2, -0.15) is 0 Å². The Morgan fingerprint density at radius 3 is 0.990 bits per heavy atom.